The standard InChI is InChI=1S/C23H22ClN3O6/c1-32-13-25-21(29)12-33-23(31)19(27-22(30)14-6-8-16(24)9-7-14)10-15-11-20(28)26-18-5-3-2-4-17(15)18/h2-9,11,19H,10,12-13H2,1H3,(H,25,29)(H,26,28)(H,27,30). The Morgan fingerprint density at radius 1 is 1.09 bits per heavy atom. The number of carbonyl (C=O) groups is 3. The first kappa shape index (κ1) is 24.0. The van der Waals surface area contributed by atoms with E-state index in [4.69, 9.17) is 21.1 Å². The Morgan fingerprint density at radius 2 is 1.82 bits per heavy atom. The number of benzene rings is 2. The van der Waals surface area contributed by atoms with Gasteiger partial charge in [0, 0.05) is 41.1 Å². The van der Waals surface area contributed by atoms with Crippen LogP contribution in [0.15, 0.2) is 59.4 Å². The molecule has 1 aromatic heterocycles. The Labute approximate surface area is 194 Å². The number of esters is 1. The Kier molecular flexibility index (Phi) is 8.17. The minimum atomic E-state index is -1.16. The van der Waals surface area contributed by atoms with Gasteiger partial charge in [-0.2, -0.15) is 0 Å². The number of carbonyl (C=O) groups excluding carboxylic acids is 3. The molecule has 3 rings (SSSR count). The van der Waals surface area contributed by atoms with Crippen LogP contribution in [0.4, 0.5) is 0 Å². The van der Waals surface area contributed by atoms with Crippen LogP contribution in [-0.4, -0.2) is 49.3 Å². The molecular weight excluding hydrogens is 450 g/mol. The van der Waals surface area contributed by atoms with Gasteiger partial charge < -0.3 is 25.1 Å². The molecule has 0 spiro atoms. The minimum Gasteiger partial charge on any atom is -0.454 e. The topological polar surface area (TPSA) is 127 Å². The van der Waals surface area contributed by atoms with Crippen LogP contribution in [0, 0.1) is 0 Å². The summed E-state index contributed by atoms with van der Waals surface area (Å²) in [7, 11) is 1.40. The minimum absolute atomic E-state index is 0.0255. The van der Waals surface area contributed by atoms with E-state index in [1.54, 1.807) is 36.4 Å². The number of para-hydroxylation sites is 1. The smallest absolute Gasteiger partial charge is 0.329 e. The zero-order valence-corrected chi connectivity index (χ0v) is 18.5. The summed E-state index contributed by atoms with van der Waals surface area (Å²) in [6, 6.07) is 13.4. The van der Waals surface area contributed by atoms with E-state index < -0.39 is 30.4 Å². The third-order valence-corrected chi connectivity index (χ3v) is 4.97. The van der Waals surface area contributed by atoms with Crippen molar-refractivity contribution in [1.82, 2.24) is 15.6 Å². The van der Waals surface area contributed by atoms with Gasteiger partial charge in [-0.3, -0.25) is 14.4 Å². The summed E-state index contributed by atoms with van der Waals surface area (Å²) in [5.41, 5.74) is 1.07. The molecule has 2 aromatic carbocycles. The van der Waals surface area contributed by atoms with Gasteiger partial charge in [-0.25, -0.2) is 4.79 Å². The van der Waals surface area contributed by atoms with Crippen molar-refractivity contribution in [2.24, 2.45) is 0 Å². The van der Waals surface area contributed by atoms with Gasteiger partial charge in [0.05, 0.1) is 0 Å². The van der Waals surface area contributed by atoms with Gasteiger partial charge in [0.2, 0.25) is 5.56 Å². The molecule has 1 unspecified atom stereocenters. The van der Waals surface area contributed by atoms with Crippen molar-refractivity contribution in [2.45, 2.75) is 12.5 Å². The lowest BCUT2D eigenvalue weighted by Crippen LogP contribution is -2.44. The molecule has 33 heavy (non-hydrogen) atoms. The molecule has 0 saturated carbocycles. The molecule has 0 bridgehead atoms. The first-order valence-electron chi connectivity index (χ1n) is 9.97. The maximum Gasteiger partial charge on any atom is 0.329 e. The van der Waals surface area contributed by atoms with Gasteiger partial charge in [-0.1, -0.05) is 29.8 Å². The fourth-order valence-corrected chi connectivity index (χ4v) is 3.27. The van der Waals surface area contributed by atoms with E-state index in [0.29, 0.717) is 21.5 Å². The highest BCUT2D eigenvalue weighted by molar-refractivity contribution is 6.30. The van der Waals surface area contributed by atoms with Gasteiger partial charge >= 0.3 is 5.97 Å². The number of rotatable bonds is 9. The Bertz CT molecular complexity index is 1210. The molecule has 3 aromatic rings. The van der Waals surface area contributed by atoms with E-state index in [-0.39, 0.29) is 24.3 Å². The second-order valence-corrected chi connectivity index (χ2v) is 7.52. The molecule has 1 heterocycles. The molecule has 10 heteroatoms. The summed E-state index contributed by atoms with van der Waals surface area (Å²) in [6.07, 6.45) is -0.0255. The predicted molar refractivity (Wildman–Crippen MR) is 122 cm³/mol. The molecule has 2 amide bonds. The summed E-state index contributed by atoms with van der Waals surface area (Å²) >= 11 is 5.87. The fourth-order valence-electron chi connectivity index (χ4n) is 3.14. The molecule has 0 aliphatic carbocycles. The van der Waals surface area contributed by atoms with Crippen LogP contribution >= 0.6 is 11.6 Å². The van der Waals surface area contributed by atoms with Crippen molar-refractivity contribution < 1.29 is 23.9 Å². The normalized spacial score (nSPS) is 11.6. The van der Waals surface area contributed by atoms with Crippen LogP contribution in [-0.2, 0) is 25.5 Å². The maximum absolute atomic E-state index is 12.8. The lowest BCUT2D eigenvalue weighted by Gasteiger charge is -2.19. The second-order valence-electron chi connectivity index (χ2n) is 7.08. The molecule has 9 nitrogen and oxygen atoms in total. The molecule has 0 fully saturated rings. The van der Waals surface area contributed by atoms with Gasteiger partial charge in [-0.15, -0.1) is 0 Å². The van der Waals surface area contributed by atoms with E-state index in [0.717, 1.165) is 0 Å². The zero-order chi connectivity index (χ0) is 23.8. The van der Waals surface area contributed by atoms with Gasteiger partial charge in [0.1, 0.15) is 12.8 Å². The van der Waals surface area contributed by atoms with E-state index in [2.05, 4.69) is 15.6 Å². The molecular formula is C23H22ClN3O6. The van der Waals surface area contributed by atoms with Crippen LogP contribution in [0.2, 0.25) is 5.02 Å². The van der Waals surface area contributed by atoms with E-state index in [1.165, 1.54) is 25.3 Å². The lowest BCUT2D eigenvalue weighted by molar-refractivity contribution is -0.150. The number of hydrogen-bond donors (Lipinski definition) is 3. The van der Waals surface area contributed by atoms with Crippen molar-refractivity contribution in [1.29, 1.82) is 0 Å². The van der Waals surface area contributed by atoms with Crippen LogP contribution < -0.4 is 16.2 Å². The average Bonchev–Trinajstić information content (AvgIpc) is 2.80. The Hall–Kier alpha value is -3.69. The summed E-state index contributed by atoms with van der Waals surface area (Å²) in [4.78, 5) is 52.2. The Morgan fingerprint density at radius 3 is 2.55 bits per heavy atom. The molecule has 3 N–H and O–H groups in total. The zero-order valence-electron chi connectivity index (χ0n) is 17.7. The third-order valence-electron chi connectivity index (χ3n) is 4.72. The van der Waals surface area contributed by atoms with Crippen LogP contribution in [0.1, 0.15) is 15.9 Å². The number of H-pyrrole nitrogens is 1. The highest BCUT2D eigenvalue weighted by Gasteiger charge is 2.25. The number of methoxy groups -OCH3 is 1. The predicted octanol–water partition coefficient (Wildman–Crippen LogP) is 1.79. The second kappa shape index (κ2) is 11.3. The summed E-state index contributed by atoms with van der Waals surface area (Å²) < 4.78 is 9.84. The van der Waals surface area contributed by atoms with E-state index in [9.17, 15) is 19.2 Å². The summed E-state index contributed by atoms with van der Waals surface area (Å²) in [6.45, 7) is -0.586. The number of fused-ring (bicyclic) bond motifs is 1. The van der Waals surface area contributed by atoms with Crippen molar-refractivity contribution in [3.8, 4) is 0 Å². The SMILES string of the molecule is COCNC(=O)COC(=O)C(Cc1cc(=O)[nH]c2ccccc12)NC(=O)c1ccc(Cl)cc1. The molecule has 0 radical (unpaired) electrons. The van der Waals surface area contributed by atoms with Crippen molar-refractivity contribution in [3.63, 3.8) is 0 Å². The van der Waals surface area contributed by atoms with Crippen molar-refractivity contribution in [3.05, 3.63) is 81.1 Å². The third kappa shape index (κ3) is 6.64. The number of halogens is 1. The number of nitrogens with one attached hydrogen (secondary N) is 3. The average molecular weight is 472 g/mol. The van der Waals surface area contributed by atoms with E-state index in [1.807, 2.05) is 0 Å². The quantitative estimate of drug-likeness (QED) is 0.322. The number of aromatic nitrogens is 1. The largest absolute Gasteiger partial charge is 0.454 e. The first-order chi connectivity index (χ1) is 15.9. The first-order valence-corrected chi connectivity index (χ1v) is 10.3. The number of amides is 2. The fraction of sp³-hybridized carbons (Fsp3) is 0.217. The molecule has 1 atom stereocenters. The number of hydrogen-bond acceptors (Lipinski definition) is 6. The van der Waals surface area contributed by atoms with Crippen molar-refractivity contribution in [2.75, 3.05) is 20.4 Å². The van der Waals surface area contributed by atoms with Gasteiger partial charge in [0.25, 0.3) is 11.8 Å². The molecule has 0 saturated heterocycles. The van der Waals surface area contributed by atoms with Gasteiger partial charge in [-0.05, 0) is 35.9 Å². The number of aromatic amines is 1. The number of pyridine rings is 1. The number of ether oxygens (including phenoxy) is 2. The Balaban J connectivity index is 1.84. The van der Waals surface area contributed by atoms with E-state index >= 15 is 0 Å². The lowest BCUT2D eigenvalue weighted by atomic mass is 10.0. The highest BCUT2D eigenvalue weighted by Crippen LogP contribution is 2.17. The van der Waals surface area contributed by atoms with Crippen LogP contribution in [0.25, 0.3) is 10.9 Å². The molecule has 172 valence electrons. The summed E-state index contributed by atoms with van der Waals surface area (Å²) in [5, 5.41) is 6.20. The van der Waals surface area contributed by atoms with Crippen LogP contribution in [0.3, 0.4) is 0 Å². The highest BCUT2D eigenvalue weighted by atomic mass is 35.5. The maximum atomic E-state index is 12.8. The van der Waals surface area contributed by atoms with Gasteiger partial charge in [0.15, 0.2) is 6.61 Å². The molecule has 0 aliphatic rings. The summed E-state index contributed by atoms with van der Waals surface area (Å²) in [5.74, 6) is -1.92. The monoisotopic (exact) mass is 471 g/mol. The van der Waals surface area contributed by atoms with Crippen LogP contribution in [0.5, 0.6) is 0 Å². The van der Waals surface area contributed by atoms with Crippen molar-refractivity contribution >= 4 is 40.3 Å². The molecule has 0 aliphatic heterocycles.